The Hall–Kier alpha value is -2.62. The smallest absolute Gasteiger partial charge is 0.338 e. The van der Waals surface area contributed by atoms with Crippen molar-refractivity contribution in [3.63, 3.8) is 0 Å². The van der Waals surface area contributed by atoms with E-state index in [-0.39, 0.29) is 12.2 Å². The molecule has 0 N–H and O–H groups in total. The summed E-state index contributed by atoms with van der Waals surface area (Å²) >= 11 is 10.9. The predicted octanol–water partition coefficient (Wildman–Crippen LogP) is 4.60. The topological polar surface area (TPSA) is 83.0 Å². The molecule has 7 nitrogen and oxygen atoms in total. The SMILES string of the molecule is CCCC1=C(C(=O)OCC)[C@@H](c2cc(Cl)ccc2OC)n2c(s/c(=C/c3ccc(Br)o3)c2=O)=N1. The number of hydrogen-bond donors (Lipinski definition) is 0. The van der Waals surface area contributed by atoms with E-state index in [1.165, 1.54) is 23.0 Å². The normalized spacial score (nSPS) is 15.8. The molecule has 0 amide bonds. The minimum atomic E-state index is -0.809. The number of allylic oxidation sites excluding steroid dienone is 1. The maximum Gasteiger partial charge on any atom is 0.338 e. The number of benzene rings is 1. The molecule has 1 aliphatic rings. The zero-order valence-electron chi connectivity index (χ0n) is 18.8. The molecule has 0 fully saturated rings. The number of hydrogen-bond acceptors (Lipinski definition) is 7. The first kappa shape index (κ1) is 24.5. The van der Waals surface area contributed by atoms with E-state index < -0.39 is 12.0 Å². The third kappa shape index (κ3) is 4.64. The van der Waals surface area contributed by atoms with Crippen LogP contribution in [0.3, 0.4) is 0 Å². The summed E-state index contributed by atoms with van der Waals surface area (Å²) in [5.41, 5.74) is 1.17. The molecule has 0 unspecified atom stereocenters. The van der Waals surface area contributed by atoms with Crippen molar-refractivity contribution in [2.75, 3.05) is 13.7 Å². The van der Waals surface area contributed by atoms with Crippen LogP contribution in [0.25, 0.3) is 6.08 Å². The van der Waals surface area contributed by atoms with E-state index >= 15 is 0 Å². The lowest BCUT2D eigenvalue weighted by Crippen LogP contribution is -2.40. The number of halogens is 2. The molecule has 0 saturated heterocycles. The number of aromatic nitrogens is 1. The zero-order chi connectivity index (χ0) is 24.4. The van der Waals surface area contributed by atoms with Crippen LogP contribution in [0.5, 0.6) is 5.75 Å². The zero-order valence-corrected chi connectivity index (χ0v) is 21.9. The number of carbonyl (C=O) groups excluding carboxylic acids is 1. The summed E-state index contributed by atoms with van der Waals surface area (Å²) in [7, 11) is 1.53. The van der Waals surface area contributed by atoms with Gasteiger partial charge < -0.3 is 13.9 Å². The Labute approximate surface area is 213 Å². The second-order valence-electron chi connectivity index (χ2n) is 7.44. The van der Waals surface area contributed by atoms with E-state index in [0.29, 0.717) is 53.8 Å². The van der Waals surface area contributed by atoms with E-state index in [1.54, 1.807) is 43.3 Å². The molecule has 0 radical (unpaired) electrons. The summed E-state index contributed by atoms with van der Waals surface area (Å²) in [6, 6.07) is 7.82. The van der Waals surface area contributed by atoms with Gasteiger partial charge in [-0.05, 0) is 59.6 Å². The third-order valence-electron chi connectivity index (χ3n) is 5.25. The van der Waals surface area contributed by atoms with E-state index in [2.05, 4.69) is 15.9 Å². The van der Waals surface area contributed by atoms with Gasteiger partial charge in [-0.3, -0.25) is 9.36 Å². The van der Waals surface area contributed by atoms with Crippen molar-refractivity contribution in [2.45, 2.75) is 32.7 Å². The second-order valence-corrected chi connectivity index (χ2v) is 9.67. The van der Waals surface area contributed by atoms with E-state index in [1.807, 2.05) is 6.92 Å². The van der Waals surface area contributed by atoms with Gasteiger partial charge >= 0.3 is 5.97 Å². The van der Waals surface area contributed by atoms with Crippen LogP contribution < -0.4 is 19.6 Å². The maximum absolute atomic E-state index is 13.7. The highest BCUT2D eigenvalue weighted by Crippen LogP contribution is 2.38. The fourth-order valence-electron chi connectivity index (χ4n) is 3.87. The van der Waals surface area contributed by atoms with Crippen molar-refractivity contribution in [2.24, 2.45) is 4.99 Å². The Morgan fingerprint density at radius 1 is 1.32 bits per heavy atom. The molecule has 3 aromatic rings. The highest BCUT2D eigenvalue weighted by atomic mass is 79.9. The molecule has 0 bridgehead atoms. The standard InChI is InChI=1S/C24H22BrClN2O5S/c1-4-6-16-20(23(30)32-5-2)21(15-11-13(26)7-9-17(15)31-3)28-22(29)18(34-24(28)27-16)12-14-8-10-19(25)33-14/h7-12,21H,4-6H2,1-3H3/b18-12+/t21-/m1/s1. The van der Waals surface area contributed by atoms with E-state index in [9.17, 15) is 9.59 Å². The van der Waals surface area contributed by atoms with Crippen LogP contribution >= 0.6 is 38.9 Å². The Balaban J connectivity index is 2.05. The number of ether oxygens (including phenoxy) is 2. The molecule has 0 aliphatic carbocycles. The average molecular weight is 566 g/mol. The highest BCUT2D eigenvalue weighted by Gasteiger charge is 2.36. The van der Waals surface area contributed by atoms with Crippen LogP contribution in [-0.2, 0) is 9.53 Å². The monoisotopic (exact) mass is 564 g/mol. The third-order valence-corrected chi connectivity index (χ3v) is 6.89. The van der Waals surface area contributed by atoms with Gasteiger partial charge in [-0.1, -0.05) is 36.3 Å². The molecule has 1 aromatic carbocycles. The summed E-state index contributed by atoms with van der Waals surface area (Å²) in [5, 5.41) is 0.454. The lowest BCUT2D eigenvalue weighted by molar-refractivity contribution is -0.139. The first-order valence-corrected chi connectivity index (χ1v) is 12.7. The van der Waals surface area contributed by atoms with Gasteiger partial charge in [0.1, 0.15) is 17.6 Å². The highest BCUT2D eigenvalue weighted by molar-refractivity contribution is 9.10. The molecule has 2 aromatic heterocycles. The molecule has 34 heavy (non-hydrogen) atoms. The Morgan fingerprint density at radius 3 is 2.76 bits per heavy atom. The molecule has 4 rings (SSSR count). The lowest BCUT2D eigenvalue weighted by atomic mass is 9.93. The van der Waals surface area contributed by atoms with Crippen LogP contribution in [0.2, 0.25) is 5.02 Å². The predicted molar refractivity (Wildman–Crippen MR) is 134 cm³/mol. The van der Waals surface area contributed by atoms with Crippen molar-refractivity contribution >= 4 is 50.9 Å². The fraction of sp³-hybridized carbons (Fsp3) is 0.292. The number of thiazole rings is 1. The number of rotatable bonds is 7. The summed E-state index contributed by atoms with van der Waals surface area (Å²) in [6.07, 6.45) is 2.97. The van der Waals surface area contributed by atoms with Gasteiger partial charge in [0.15, 0.2) is 9.47 Å². The first-order chi connectivity index (χ1) is 16.4. The quantitative estimate of drug-likeness (QED) is 0.391. The number of esters is 1. The van der Waals surface area contributed by atoms with Gasteiger partial charge in [0, 0.05) is 16.7 Å². The minimum absolute atomic E-state index is 0.193. The molecule has 178 valence electrons. The van der Waals surface area contributed by atoms with Crippen LogP contribution in [0.15, 0.2) is 60.5 Å². The second kappa shape index (κ2) is 10.3. The van der Waals surface area contributed by atoms with Crippen molar-refractivity contribution in [3.8, 4) is 5.75 Å². The van der Waals surface area contributed by atoms with Crippen molar-refractivity contribution in [1.29, 1.82) is 0 Å². The van der Waals surface area contributed by atoms with Gasteiger partial charge in [0.2, 0.25) is 0 Å². The summed E-state index contributed by atoms with van der Waals surface area (Å²) in [6.45, 7) is 3.94. The van der Waals surface area contributed by atoms with Gasteiger partial charge in [0.05, 0.1) is 29.5 Å². The fourth-order valence-corrected chi connectivity index (χ4v) is 5.37. The van der Waals surface area contributed by atoms with Crippen molar-refractivity contribution in [3.05, 3.63) is 82.3 Å². The molecular formula is C24H22BrClN2O5S. The van der Waals surface area contributed by atoms with E-state index in [4.69, 9.17) is 30.5 Å². The first-order valence-electron chi connectivity index (χ1n) is 10.7. The molecule has 1 aliphatic heterocycles. The Bertz CT molecular complexity index is 1450. The lowest BCUT2D eigenvalue weighted by Gasteiger charge is -2.27. The van der Waals surface area contributed by atoms with Crippen molar-refractivity contribution < 1.29 is 18.7 Å². The van der Waals surface area contributed by atoms with Crippen molar-refractivity contribution in [1.82, 2.24) is 4.57 Å². The summed E-state index contributed by atoms with van der Waals surface area (Å²) in [4.78, 5) is 32.1. The van der Waals surface area contributed by atoms with Gasteiger partial charge in [0.25, 0.3) is 5.56 Å². The maximum atomic E-state index is 13.7. The molecule has 0 saturated carbocycles. The average Bonchev–Trinajstić information content (AvgIpc) is 3.35. The van der Waals surface area contributed by atoms with E-state index in [0.717, 1.165) is 6.42 Å². The Kier molecular flexibility index (Phi) is 7.45. The molecule has 1 atom stereocenters. The van der Waals surface area contributed by atoms with Gasteiger partial charge in [-0.2, -0.15) is 0 Å². The van der Waals surface area contributed by atoms with Gasteiger partial charge in [-0.15, -0.1) is 0 Å². The van der Waals surface area contributed by atoms with Crippen LogP contribution in [0.4, 0.5) is 0 Å². The molecule has 10 heteroatoms. The minimum Gasteiger partial charge on any atom is -0.496 e. The summed E-state index contributed by atoms with van der Waals surface area (Å²) < 4.78 is 19.0. The van der Waals surface area contributed by atoms with Crippen LogP contribution in [0.1, 0.15) is 44.1 Å². The summed E-state index contributed by atoms with van der Waals surface area (Å²) in [5.74, 6) is 0.497. The Morgan fingerprint density at radius 2 is 2.12 bits per heavy atom. The molecule has 3 heterocycles. The number of carbonyl (C=O) groups is 1. The number of nitrogens with zero attached hydrogens (tertiary/aromatic N) is 2. The number of fused-ring (bicyclic) bond motifs is 1. The largest absolute Gasteiger partial charge is 0.496 e. The molecular weight excluding hydrogens is 544 g/mol. The number of furan rings is 1. The van der Waals surface area contributed by atoms with Crippen LogP contribution in [-0.4, -0.2) is 24.3 Å². The molecule has 0 spiro atoms. The van der Waals surface area contributed by atoms with Gasteiger partial charge in [-0.25, -0.2) is 9.79 Å². The number of methoxy groups -OCH3 is 1. The van der Waals surface area contributed by atoms with Crippen LogP contribution in [0, 0.1) is 0 Å².